The van der Waals surface area contributed by atoms with Gasteiger partial charge in [0.1, 0.15) is 0 Å². The minimum atomic E-state index is 0. The zero-order valence-corrected chi connectivity index (χ0v) is 17.7. The van der Waals surface area contributed by atoms with Crippen LogP contribution in [0.5, 0.6) is 0 Å². The molecule has 1 fully saturated rings. The number of halogens is 1. The monoisotopic (exact) mass is 441 g/mol. The van der Waals surface area contributed by atoms with Crippen LogP contribution in [0, 0.1) is 11.3 Å². The largest absolute Gasteiger partial charge is 0.385 e. The molecular formula is C17H36IN3O2. The number of nitrogens with zero attached hydrogens (tertiary/aromatic N) is 1. The maximum Gasteiger partial charge on any atom is 0.191 e. The van der Waals surface area contributed by atoms with E-state index in [0.29, 0.717) is 11.3 Å². The lowest BCUT2D eigenvalue weighted by molar-refractivity contribution is 0.0732. The fourth-order valence-electron chi connectivity index (χ4n) is 2.67. The van der Waals surface area contributed by atoms with Gasteiger partial charge >= 0.3 is 0 Å². The summed E-state index contributed by atoms with van der Waals surface area (Å²) in [6.07, 6.45) is 6.17. The lowest BCUT2D eigenvalue weighted by Crippen LogP contribution is -2.47. The highest BCUT2D eigenvalue weighted by molar-refractivity contribution is 14.0. The van der Waals surface area contributed by atoms with Crippen molar-refractivity contribution in [2.24, 2.45) is 16.3 Å². The summed E-state index contributed by atoms with van der Waals surface area (Å²) in [6.45, 7) is 8.61. The molecule has 0 aromatic heterocycles. The van der Waals surface area contributed by atoms with Crippen molar-refractivity contribution in [1.29, 1.82) is 0 Å². The summed E-state index contributed by atoms with van der Waals surface area (Å²) in [5.74, 6) is 1.57. The number of rotatable bonds is 11. The molecule has 5 nitrogen and oxygen atoms in total. The summed E-state index contributed by atoms with van der Waals surface area (Å²) in [5, 5.41) is 6.78. The van der Waals surface area contributed by atoms with Crippen LogP contribution in [0.3, 0.4) is 0 Å². The molecule has 2 N–H and O–H groups in total. The second kappa shape index (κ2) is 13.2. The van der Waals surface area contributed by atoms with Gasteiger partial charge in [0.2, 0.25) is 0 Å². The van der Waals surface area contributed by atoms with Gasteiger partial charge in [-0.2, -0.15) is 0 Å². The van der Waals surface area contributed by atoms with Crippen LogP contribution < -0.4 is 10.6 Å². The van der Waals surface area contributed by atoms with Crippen LogP contribution in [0.2, 0.25) is 0 Å². The van der Waals surface area contributed by atoms with Gasteiger partial charge in [-0.15, -0.1) is 24.0 Å². The Labute approximate surface area is 159 Å². The summed E-state index contributed by atoms with van der Waals surface area (Å²) < 4.78 is 10.8. The van der Waals surface area contributed by atoms with E-state index in [1.54, 1.807) is 7.11 Å². The number of methoxy groups -OCH3 is 1. The molecule has 0 atom stereocenters. The van der Waals surface area contributed by atoms with Crippen molar-refractivity contribution in [3.8, 4) is 0 Å². The van der Waals surface area contributed by atoms with E-state index in [-0.39, 0.29) is 24.0 Å². The summed E-state index contributed by atoms with van der Waals surface area (Å²) >= 11 is 0. The second-order valence-corrected chi connectivity index (χ2v) is 6.74. The molecule has 1 saturated carbocycles. The van der Waals surface area contributed by atoms with Gasteiger partial charge in [0.15, 0.2) is 5.96 Å². The van der Waals surface area contributed by atoms with E-state index in [4.69, 9.17) is 9.47 Å². The number of hydrogen-bond donors (Lipinski definition) is 2. The van der Waals surface area contributed by atoms with E-state index in [9.17, 15) is 0 Å². The van der Waals surface area contributed by atoms with Gasteiger partial charge < -0.3 is 20.1 Å². The van der Waals surface area contributed by atoms with Crippen molar-refractivity contribution < 1.29 is 9.47 Å². The molecule has 0 aliphatic heterocycles. The third kappa shape index (κ3) is 9.72. The van der Waals surface area contributed by atoms with E-state index < -0.39 is 0 Å². The molecule has 0 bridgehead atoms. The minimum absolute atomic E-state index is 0. The minimum Gasteiger partial charge on any atom is -0.385 e. The Bertz CT molecular complexity index is 321. The van der Waals surface area contributed by atoms with Crippen LogP contribution in [0.4, 0.5) is 0 Å². The highest BCUT2D eigenvalue weighted by atomic mass is 127. The van der Waals surface area contributed by atoms with Crippen LogP contribution in [-0.2, 0) is 9.47 Å². The van der Waals surface area contributed by atoms with Crippen molar-refractivity contribution in [2.45, 2.75) is 46.0 Å². The molecule has 0 saturated heterocycles. The van der Waals surface area contributed by atoms with Gasteiger partial charge in [0.05, 0.1) is 6.61 Å². The molecule has 1 rings (SSSR count). The summed E-state index contributed by atoms with van der Waals surface area (Å²) in [5.41, 5.74) is 0.404. The maximum absolute atomic E-state index is 5.61. The Hall–Kier alpha value is -0.0800. The quantitative estimate of drug-likeness (QED) is 0.224. The van der Waals surface area contributed by atoms with Crippen LogP contribution in [0.1, 0.15) is 46.0 Å². The fraction of sp³-hybridized carbons (Fsp3) is 0.941. The molecule has 138 valence electrons. The van der Waals surface area contributed by atoms with Gasteiger partial charge in [-0.05, 0) is 37.0 Å². The predicted octanol–water partition coefficient (Wildman–Crippen LogP) is 3.04. The van der Waals surface area contributed by atoms with Gasteiger partial charge in [-0.25, -0.2) is 0 Å². The van der Waals surface area contributed by atoms with E-state index in [2.05, 4.69) is 29.5 Å². The predicted molar refractivity (Wildman–Crippen MR) is 108 cm³/mol. The average Bonchev–Trinajstić information content (AvgIpc) is 2.46. The van der Waals surface area contributed by atoms with Crippen LogP contribution in [0.25, 0.3) is 0 Å². The number of ether oxygens (including phenoxy) is 2. The van der Waals surface area contributed by atoms with Gasteiger partial charge in [0, 0.05) is 40.5 Å². The van der Waals surface area contributed by atoms with E-state index in [0.717, 1.165) is 51.7 Å². The number of guanidine groups is 1. The normalized spacial score (nSPS) is 16.7. The van der Waals surface area contributed by atoms with Crippen molar-refractivity contribution in [2.75, 3.05) is 47.1 Å². The van der Waals surface area contributed by atoms with Gasteiger partial charge in [-0.1, -0.05) is 20.3 Å². The molecule has 0 spiro atoms. The molecule has 0 radical (unpaired) electrons. The van der Waals surface area contributed by atoms with E-state index >= 15 is 0 Å². The van der Waals surface area contributed by atoms with Crippen LogP contribution in [0.15, 0.2) is 4.99 Å². The molecule has 0 aromatic carbocycles. The Morgan fingerprint density at radius 2 is 1.91 bits per heavy atom. The highest BCUT2D eigenvalue weighted by Gasteiger charge is 2.36. The molecule has 0 amide bonds. The van der Waals surface area contributed by atoms with Crippen molar-refractivity contribution >= 4 is 29.9 Å². The molecular weight excluding hydrogens is 405 g/mol. The number of hydrogen-bond acceptors (Lipinski definition) is 3. The van der Waals surface area contributed by atoms with Crippen LogP contribution >= 0.6 is 24.0 Å². The maximum atomic E-state index is 5.61. The lowest BCUT2D eigenvalue weighted by atomic mass is 9.67. The molecule has 1 aliphatic carbocycles. The van der Waals surface area contributed by atoms with Gasteiger partial charge in [0.25, 0.3) is 0 Å². The van der Waals surface area contributed by atoms with Crippen molar-refractivity contribution in [3.63, 3.8) is 0 Å². The topological polar surface area (TPSA) is 54.9 Å². The third-order valence-electron chi connectivity index (χ3n) is 4.48. The van der Waals surface area contributed by atoms with E-state index in [1.807, 2.05) is 7.05 Å². The second-order valence-electron chi connectivity index (χ2n) is 6.74. The number of aliphatic imine (C=N–C) groups is 1. The highest BCUT2D eigenvalue weighted by Crippen LogP contribution is 2.43. The molecule has 0 aromatic rings. The van der Waals surface area contributed by atoms with E-state index in [1.165, 1.54) is 19.3 Å². The zero-order chi connectivity index (χ0) is 16.3. The standard InChI is InChI=1S/C17H35N3O2.HI/c1-15(2)6-11-22-13-10-19-16(18-3)20-14-17(7-5-8-17)9-12-21-4;/h15H,5-14H2,1-4H3,(H2,18,19,20);1H. The van der Waals surface area contributed by atoms with Gasteiger partial charge in [-0.3, -0.25) is 4.99 Å². The fourth-order valence-corrected chi connectivity index (χ4v) is 2.67. The summed E-state index contributed by atoms with van der Waals surface area (Å²) in [6, 6.07) is 0. The average molecular weight is 441 g/mol. The molecule has 6 heteroatoms. The number of nitrogens with one attached hydrogen (secondary N) is 2. The third-order valence-corrected chi connectivity index (χ3v) is 4.48. The molecule has 0 heterocycles. The first-order valence-corrected chi connectivity index (χ1v) is 8.63. The molecule has 1 aliphatic rings. The molecule has 0 unspecified atom stereocenters. The molecule has 23 heavy (non-hydrogen) atoms. The zero-order valence-electron chi connectivity index (χ0n) is 15.3. The first-order chi connectivity index (χ1) is 10.6. The SMILES string of the molecule is CN=C(NCCOCCC(C)C)NCC1(CCOC)CCC1.I. The Kier molecular flexibility index (Phi) is 13.2. The summed E-state index contributed by atoms with van der Waals surface area (Å²) in [4.78, 5) is 4.28. The Morgan fingerprint density at radius 3 is 2.43 bits per heavy atom. The Morgan fingerprint density at radius 1 is 1.17 bits per heavy atom. The van der Waals surface area contributed by atoms with Crippen molar-refractivity contribution in [3.05, 3.63) is 0 Å². The first kappa shape index (κ1) is 22.9. The Balaban J connectivity index is 0.00000484. The lowest BCUT2D eigenvalue weighted by Gasteiger charge is -2.42. The summed E-state index contributed by atoms with van der Waals surface area (Å²) in [7, 11) is 3.59. The van der Waals surface area contributed by atoms with Crippen LogP contribution in [-0.4, -0.2) is 53.0 Å². The first-order valence-electron chi connectivity index (χ1n) is 8.63. The van der Waals surface area contributed by atoms with Crippen molar-refractivity contribution in [1.82, 2.24) is 10.6 Å². The smallest absolute Gasteiger partial charge is 0.191 e.